The maximum absolute atomic E-state index is 13.2. The van der Waals surface area contributed by atoms with Crippen LogP contribution in [0.4, 0.5) is 23.7 Å². The lowest BCUT2D eigenvalue weighted by Crippen LogP contribution is -2.50. The Bertz CT molecular complexity index is 877. The van der Waals surface area contributed by atoms with Crippen molar-refractivity contribution in [2.45, 2.75) is 32.5 Å². The second kappa shape index (κ2) is 8.37. The van der Waals surface area contributed by atoms with Gasteiger partial charge in [0.1, 0.15) is 5.60 Å². The summed E-state index contributed by atoms with van der Waals surface area (Å²) in [5.41, 5.74) is -0.956. The zero-order valence-corrected chi connectivity index (χ0v) is 16.9. The van der Waals surface area contributed by atoms with Crippen LogP contribution in [-0.2, 0) is 10.9 Å². The van der Waals surface area contributed by atoms with Gasteiger partial charge >= 0.3 is 18.3 Å². The van der Waals surface area contributed by atoms with E-state index in [2.05, 4.69) is 9.97 Å². The molecule has 1 aromatic heterocycles. The molecule has 0 atom stereocenters. The summed E-state index contributed by atoms with van der Waals surface area (Å²) in [6.07, 6.45) is -2.04. The molecule has 30 heavy (non-hydrogen) atoms. The molecule has 1 amide bonds. The monoisotopic (exact) mass is 424 g/mol. The van der Waals surface area contributed by atoms with Gasteiger partial charge in [-0.25, -0.2) is 14.8 Å². The molecule has 3 rings (SSSR count). The van der Waals surface area contributed by atoms with E-state index in [0.717, 1.165) is 12.1 Å². The number of carbonyl (C=O) groups excluding carboxylic acids is 1. The van der Waals surface area contributed by atoms with E-state index < -0.39 is 23.4 Å². The number of ether oxygens (including phenoxy) is 2. The van der Waals surface area contributed by atoms with Crippen LogP contribution in [0.15, 0.2) is 36.7 Å². The molecule has 0 aliphatic carbocycles. The molecule has 0 saturated carbocycles. The Labute approximate surface area is 172 Å². The van der Waals surface area contributed by atoms with Gasteiger partial charge in [0.25, 0.3) is 0 Å². The lowest BCUT2D eigenvalue weighted by Gasteiger charge is -2.37. The zero-order valence-electron chi connectivity index (χ0n) is 16.9. The molecular weight excluding hydrogens is 401 g/mol. The van der Waals surface area contributed by atoms with Gasteiger partial charge in [-0.1, -0.05) is 0 Å². The Balaban J connectivity index is 1.79. The van der Waals surface area contributed by atoms with Crippen molar-refractivity contribution in [2.24, 2.45) is 0 Å². The van der Waals surface area contributed by atoms with Crippen LogP contribution in [0, 0.1) is 0 Å². The number of carbonyl (C=O) groups is 1. The van der Waals surface area contributed by atoms with E-state index in [0.29, 0.717) is 31.9 Å². The van der Waals surface area contributed by atoms with Gasteiger partial charge in [-0.2, -0.15) is 13.2 Å². The third-order valence-corrected chi connectivity index (χ3v) is 4.30. The van der Waals surface area contributed by atoms with Crippen molar-refractivity contribution in [1.29, 1.82) is 0 Å². The molecule has 2 aromatic rings. The average Bonchev–Trinajstić information content (AvgIpc) is 2.67. The third kappa shape index (κ3) is 5.52. The highest BCUT2D eigenvalue weighted by molar-refractivity contribution is 5.69. The highest BCUT2D eigenvalue weighted by Crippen LogP contribution is 2.38. The van der Waals surface area contributed by atoms with Gasteiger partial charge in [-0.3, -0.25) is 0 Å². The van der Waals surface area contributed by atoms with Gasteiger partial charge in [-0.15, -0.1) is 0 Å². The predicted molar refractivity (Wildman–Crippen MR) is 104 cm³/mol. The maximum Gasteiger partial charge on any atom is 0.416 e. The molecule has 1 fully saturated rings. The molecule has 0 N–H and O–H groups in total. The fourth-order valence-electron chi connectivity index (χ4n) is 2.93. The van der Waals surface area contributed by atoms with Gasteiger partial charge in [0, 0.05) is 38.6 Å². The van der Waals surface area contributed by atoms with Crippen molar-refractivity contribution in [3.8, 4) is 11.8 Å². The number of rotatable bonds is 3. The molecule has 1 aromatic carbocycles. The summed E-state index contributed by atoms with van der Waals surface area (Å²) in [6, 6.07) is 4.84. The van der Waals surface area contributed by atoms with Crippen molar-refractivity contribution in [3.05, 3.63) is 42.2 Å². The zero-order chi connectivity index (χ0) is 21.9. The molecule has 162 valence electrons. The fourth-order valence-corrected chi connectivity index (χ4v) is 2.93. The summed E-state index contributed by atoms with van der Waals surface area (Å²) in [6.45, 7) is 6.94. The first kappa shape index (κ1) is 21.7. The molecule has 7 nitrogen and oxygen atoms in total. The number of benzene rings is 1. The Morgan fingerprint density at radius 2 is 1.67 bits per heavy atom. The lowest BCUT2D eigenvalue weighted by atomic mass is 10.1. The van der Waals surface area contributed by atoms with E-state index in [1.165, 1.54) is 18.5 Å². The number of piperazine rings is 1. The Hall–Kier alpha value is -3.04. The Morgan fingerprint density at radius 1 is 1.03 bits per heavy atom. The summed E-state index contributed by atoms with van der Waals surface area (Å²) in [5, 5.41) is 0. The van der Waals surface area contributed by atoms with E-state index in [4.69, 9.17) is 9.47 Å². The number of hydrogen-bond donors (Lipinski definition) is 0. The molecule has 0 spiro atoms. The lowest BCUT2D eigenvalue weighted by molar-refractivity contribution is -0.137. The highest BCUT2D eigenvalue weighted by Gasteiger charge is 2.33. The summed E-state index contributed by atoms with van der Waals surface area (Å²) >= 11 is 0. The number of aromatic nitrogens is 2. The predicted octanol–water partition coefficient (Wildman–Crippen LogP) is 4.34. The molecule has 0 bridgehead atoms. The minimum atomic E-state index is -4.51. The Kier molecular flexibility index (Phi) is 6.04. The van der Waals surface area contributed by atoms with Crippen molar-refractivity contribution in [2.75, 3.05) is 31.1 Å². The van der Waals surface area contributed by atoms with E-state index in [9.17, 15) is 18.0 Å². The fraction of sp³-hybridized carbons (Fsp3) is 0.450. The van der Waals surface area contributed by atoms with Gasteiger partial charge in [0.2, 0.25) is 0 Å². The van der Waals surface area contributed by atoms with Crippen LogP contribution in [0.25, 0.3) is 0 Å². The van der Waals surface area contributed by atoms with Crippen LogP contribution in [0.3, 0.4) is 0 Å². The first-order chi connectivity index (χ1) is 14.0. The van der Waals surface area contributed by atoms with Gasteiger partial charge in [0.15, 0.2) is 5.75 Å². The van der Waals surface area contributed by atoms with Crippen molar-refractivity contribution in [3.63, 3.8) is 0 Å². The van der Waals surface area contributed by atoms with Gasteiger partial charge in [0.05, 0.1) is 11.3 Å². The van der Waals surface area contributed by atoms with Crippen molar-refractivity contribution < 1.29 is 27.4 Å². The molecule has 1 saturated heterocycles. The number of hydrogen-bond acceptors (Lipinski definition) is 6. The average molecular weight is 424 g/mol. The molecule has 0 unspecified atom stereocenters. The summed E-state index contributed by atoms with van der Waals surface area (Å²) < 4.78 is 50.5. The molecule has 1 aliphatic rings. The first-order valence-corrected chi connectivity index (χ1v) is 9.42. The SMILES string of the molecule is CC(C)(C)OC(=O)N1CCN(c2ccc(C(F)(F)F)cc2Oc2ncccn2)CC1. The summed E-state index contributed by atoms with van der Waals surface area (Å²) in [4.78, 5) is 23.5. The summed E-state index contributed by atoms with van der Waals surface area (Å²) in [7, 11) is 0. The molecular formula is C20H23F3N4O3. The topological polar surface area (TPSA) is 67.8 Å². The van der Waals surface area contributed by atoms with Gasteiger partial charge in [-0.05, 0) is 45.0 Å². The number of amides is 1. The minimum absolute atomic E-state index is 0.00161. The van der Waals surface area contributed by atoms with Crippen LogP contribution in [0.1, 0.15) is 26.3 Å². The van der Waals surface area contributed by atoms with Crippen LogP contribution in [0.2, 0.25) is 0 Å². The molecule has 10 heteroatoms. The first-order valence-electron chi connectivity index (χ1n) is 9.42. The van der Waals surface area contributed by atoms with Crippen LogP contribution < -0.4 is 9.64 Å². The minimum Gasteiger partial charge on any atom is -0.444 e. The number of nitrogens with zero attached hydrogens (tertiary/aromatic N) is 4. The summed E-state index contributed by atoms with van der Waals surface area (Å²) in [5.74, 6) is 0.00161. The number of anilines is 1. The van der Waals surface area contributed by atoms with E-state index in [1.54, 1.807) is 31.7 Å². The number of alkyl halides is 3. The van der Waals surface area contributed by atoms with E-state index >= 15 is 0 Å². The normalized spacial score (nSPS) is 15.1. The van der Waals surface area contributed by atoms with E-state index in [-0.39, 0.29) is 11.8 Å². The highest BCUT2D eigenvalue weighted by atomic mass is 19.4. The molecule has 2 heterocycles. The van der Waals surface area contributed by atoms with Crippen molar-refractivity contribution in [1.82, 2.24) is 14.9 Å². The van der Waals surface area contributed by atoms with Crippen LogP contribution >= 0.6 is 0 Å². The molecule has 0 radical (unpaired) electrons. The maximum atomic E-state index is 13.2. The second-order valence-corrected chi connectivity index (χ2v) is 7.77. The van der Waals surface area contributed by atoms with E-state index in [1.807, 2.05) is 4.90 Å². The van der Waals surface area contributed by atoms with Crippen LogP contribution in [0.5, 0.6) is 11.8 Å². The second-order valence-electron chi connectivity index (χ2n) is 7.77. The molecule has 1 aliphatic heterocycles. The standard InChI is InChI=1S/C20H23F3N4O3/c1-19(2,3)30-18(28)27-11-9-26(10-12-27)15-6-5-14(20(21,22)23)13-16(15)29-17-24-7-4-8-25-17/h4-8,13H,9-12H2,1-3H3. The largest absolute Gasteiger partial charge is 0.444 e. The Morgan fingerprint density at radius 3 is 2.23 bits per heavy atom. The third-order valence-electron chi connectivity index (χ3n) is 4.30. The quantitative estimate of drug-likeness (QED) is 0.730. The van der Waals surface area contributed by atoms with Crippen LogP contribution in [-0.4, -0.2) is 52.7 Å². The van der Waals surface area contributed by atoms with Gasteiger partial charge < -0.3 is 19.3 Å². The number of halogens is 3. The smallest absolute Gasteiger partial charge is 0.416 e. The van der Waals surface area contributed by atoms with Crippen molar-refractivity contribution >= 4 is 11.8 Å².